The van der Waals surface area contributed by atoms with E-state index in [1.54, 1.807) is 20.8 Å². The van der Waals surface area contributed by atoms with Crippen LogP contribution in [0.3, 0.4) is 0 Å². The van der Waals surface area contributed by atoms with E-state index < -0.39 is 29.6 Å². The highest BCUT2D eigenvalue weighted by Gasteiger charge is 2.39. The average Bonchev–Trinajstić information content (AvgIpc) is 2.42. The Morgan fingerprint density at radius 2 is 1.94 bits per heavy atom. The molecule has 0 aromatic heterocycles. The highest BCUT2D eigenvalue weighted by Crippen LogP contribution is 2.23. The number of hydrogen-bond acceptors (Lipinski definition) is 4. The number of aliphatic carboxylic acids is 1. The van der Waals surface area contributed by atoms with E-state index in [0.29, 0.717) is 0 Å². The molecule has 0 spiro atoms. The van der Waals surface area contributed by atoms with Gasteiger partial charge < -0.3 is 15.2 Å². The molecule has 1 rings (SSSR count). The van der Waals surface area contributed by atoms with Crippen LogP contribution in [0.1, 0.15) is 33.6 Å². The third kappa shape index (κ3) is 4.05. The lowest BCUT2D eigenvalue weighted by Gasteiger charge is -2.22. The summed E-state index contributed by atoms with van der Waals surface area (Å²) in [6.07, 6.45) is -0.671. The maximum atomic E-state index is 11.5. The van der Waals surface area contributed by atoms with Gasteiger partial charge in [-0.25, -0.2) is 4.79 Å². The molecule has 1 aliphatic carbocycles. The maximum absolute atomic E-state index is 11.5. The van der Waals surface area contributed by atoms with Crippen molar-refractivity contribution in [3.05, 3.63) is 0 Å². The summed E-state index contributed by atoms with van der Waals surface area (Å²) in [5.41, 5.74) is -0.647. The minimum Gasteiger partial charge on any atom is -0.481 e. The fourth-order valence-corrected chi connectivity index (χ4v) is 1.73. The molecule has 0 unspecified atom stereocenters. The summed E-state index contributed by atoms with van der Waals surface area (Å²) in [6, 6.07) is -0.671. The molecule has 17 heavy (non-hydrogen) atoms. The lowest BCUT2D eigenvalue weighted by molar-refractivity contribution is -0.142. The molecule has 2 N–H and O–H groups in total. The molecule has 1 amide bonds. The Hall–Kier alpha value is -1.59. The van der Waals surface area contributed by atoms with Crippen LogP contribution in [0.5, 0.6) is 0 Å². The highest BCUT2D eigenvalue weighted by molar-refractivity contribution is 5.89. The van der Waals surface area contributed by atoms with Gasteiger partial charge in [0, 0.05) is 12.8 Å². The number of carboxylic acids is 1. The lowest BCUT2D eigenvalue weighted by atomic mass is 10.0. The van der Waals surface area contributed by atoms with Gasteiger partial charge in [0.2, 0.25) is 0 Å². The van der Waals surface area contributed by atoms with Gasteiger partial charge in [0.05, 0.1) is 12.0 Å². The van der Waals surface area contributed by atoms with Gasteiger partial charge in [-0.05, 0) is 20.8 Å². The fraction of sp³-hybridized carbons (Fsp3) is 0.727. The minimum absolute atomic E-state index is 0.0319. The van der Waals surface area contributed by atoms with Crippen molar-refractivity contribution in [1.82, 2.24) is 5.32 Å². The van der Waals surface area contributed by atoms with Crippen molar-refractivity contribution in [2.45, 2.75) is 45.3 Å². The largest absolute Gasteiger partial charge is 0.481 e. The van der Waals surface area contributed by atoms with Gasteiger partial charge in [-0.2, -0.15) is 0 Å². The molecule has 0 aliphatic heterocycles. The molecule has 6 heteroatoms. The van der Waals surface area contributed by atoms with Crippen LogP contribution in [-0.2, 0) is 14.3 Å². The molecule has 1 saturated carbocycles. The Morgan fingerprint density at radius 1 is 1.35 bits per heavy atom. The molecule has 6 nitrogen and oxygen atoms in total. The van der Waals surface area contributed by atoms with Crippen LogP contribution in [0, 0.1) is 5.92 Å². The predicted molar refractivity (Wildman–Crippen MR) is 58.5 cm³/mol. The van der Waals surface area contributed by atoms with E-state index in [1.165, 1.54) is 0 Å². The van der Waals surface area contributed by atoms with Crippen molar-refractivity contribution in [3.8, 4) is 0 Å². The number of Topliss-reactive ketones (excluding diaryl/α,β-unsaturated/α-hetero) is 1. The van der Waals surface area contributed by atoms with Crippen molar-refractivity contribution >= 4 is 17.8 Å². The van der Waals surface area contributed by atoms with E-state index in [0.717, 1.165) is 0 Å². The van der Waals surface area contributed by atoms with Gasteiger partial charge in [0.25, 0.3) is 0 Å². The molecule has 1 fully saturated rings. The number of carboxylic acid groups (broad SMARTS) is 1. The predicted octanol–water partition coefficient (Wildman–Crippen LogP) is 0.943. The summed E-state index contributed by atoms with van der Waals surface area (Å²) in [5, 5.41) is 11.3. The number of hydrogen-bond donors (Lipinski definition) is 2. The Labute approximate surface area is 99.3 Å². The van der Waals surface area contributed by atoms with Gasteiger partial charge in [-0.15, -0.1) is 0 Å². The van der Waals surface area contributed by atoms with E-state index >= 15 is 0 Å². The molecule has 0 saturated heterocycles. The van der Waals surface area contributed by atoms with Gasteiger partial charge in [0.1, 0.15) is 11.4 Å². The summed E-state index contributed by atoms with van der Waals surface area (Å²) in [4.78, 5) is 33.5. The Morgan fingerprint density at radius 3 is 2.41 bits per heavy atom. The Bertz CT molecular complexity index is 344. The van der Waals surface area contributed by atoms with E-state index in [9.17, 15) is 14.4 Å². The van der Waals surface area contributed by atoms with Gasteiger partial charge in [-0.3, -0.25) is 9.59 Å². The SMILES string of the molecule is CC(C)(C)OC(=O)N[C@H]1CC(=O)C[C@H]1C(=O)O. The van der Waals surface area contributed by atoms with E-state index in [-0.39, 0.29) is 18.6 Å². The van der Waals surface area contributed by atoms with Crippen LogP contribution in [0.4, 0.5) is 4.79 Å². The molecule has 96 valence electrons. The van der Waals surface area contributed by atoms with Gasteiger partial charge in [0.15, 0.2) is 0 Å². The minimum atomic E-state index is -1.07. The van der Waals surface area contributed by atoms with Crippen molar-refractivity contribution in [1.29, 1.82) is 0 Å². The molecule has 0 bridgehead atoms. The molecule has 0 aromatic carbocycles. The quantitative estimate of drug-likeness (QED) is 0.753. The zero-order valence-electron chi connectivity index (χ0n) is 10.1. The number of alkyl carbamates (subject to hydrolysis) is 1. The van der Waals surface area contributed by atoms with Gasteiger partial charge in [-0.1, -0.05) is 0 Å². The number of ketones is 1. The molecule has 0 radical (unpaired) electrons. The van der Waals surface area contributed by atoms with Crippen molar-refractivity contribution < 1.29 is 24.2 Å². The molecular weight excluding hydrogens is 226 g/mol. The third-order valence-electron chi connectivity index (χ3n) is 2.40. The monoisotopic (exact) mass is 243 g/mol. The highest BCUT2D eigenvalue weighted by atomic mass is 16.6. The third-order valence-corrected chi connectivity index (χ3v) is 2.40. The van der Waals surface area contributed by atoms with Crippen LogP contribution < -0.4 is 5.32 Å². The molecule has 2 atom stereocenters. The summed E-state index contributed by atoms with van der Waals surface area (Å²) < 4.78 is 5.01. The second-order valence-corrected chi connectivity index (χ2v) is 5.14. The number of amides is 1. The number of rotatable bonds is 2. The summed E-state index contributed by atoms with van der Waals surface area (Å²) in [5.74, 6) is -2.08. The smallest absolute Gasteiger partial charge is 0.407 e. The van der Waals surface area contributed by atoms with Crippen LogP contribution in [0.2, 0.25) is 0 Å². The molecule has 0 aromatic rings. The van der Waals surface area contributed by atoms with E-state index in [2.05, 4.69) is 5.32 Å². The lowest BCUT2D eigenvalue weighted by Crippen LogP contribution is -2.42. The van der Waals surface area contributed by atoms with Crippen LogP contribution in [0.25, 0.3) is 0 Å². The van der Waals surface area contributed by atoms with Gasteiger partial charge >= 0.3 is 12.1 Å². The van der Waals surface area contributed by atoms with Crippen molar-refractivity contribution in [2.75, 3.05) is 0 Å². The first kappa shape index (κ1) is 13.5. The van der Waals surface area contributed by atoms with Crippen LogP contribution in [-0.4, -0.2) is 34.6 Å². The van der Waals surface area contributed by atoms with E-state index in [4.69, 9.17) is 9.84 Å². The Kier molecular flexibility index (Phi) is 3.75. The number of carbonyl (C=O) groups excluding carboxylic acids is 2. The first-order chi connectivity index (χ1) is 7.69. The molecule has 1 aliphatic rings. The standard InChI is InChI=1S/C11H17NO5/c1-11(2,3)17-10(16)12-8-5-6(13)4-7(8)9(14)15/h7-8H,4-5H2,1-3H3,(H,12,16)(H,14,15)/t7-,8+/m1/s1. The zero-order chi connectivity index (χ0) is 13.2. The second kappa shape index (κ2) is 4.73. The van der Waals surface area contributed by atoms with Crippen molar-refractivity contribution in [2.24, 2.45) is 5.92 Å². The van der Waals surface area contributed by atoms with Crippen molar-refractivity contribution in [3.63, 3.8) is 0 Å². The second-order valence-electron chi connectivity index (χ2n) is 5.14. The molecule has 0 heterocycles. The number of ether oxygens (including phenoxy) is 1. The number of carbonyl (C=O) groups is 3. The van der Waals surface area contributed by atoms with Crippen LogP contribution in [0.15, 0.2) is 0 Å². The first-order valence-electron chi connectivity index (χ1n) is 5.43. The topological polar surface area (TPSA) is 92.7 Å². The van der Waals surface area contributed by atoms with Crippen LogP contribution >= 0.6 is 0 Å². The normalized spacial score (nSPS) is 24.5. The van der Waals surface area contributed by atoms with E-state index in [1.807, 2.05) is 0 Å². The first-order valence-corrected chi connectivity index (χ1v) is 5.43. The number of nitrogens with one attached hydrogen (secondary N) is 1. The average molecular weight is 243 g/mol. The fourth-order valence-electron chi connectivity index (χ4n) is 1.73. The molecular formula is C11H17NO5. The maximum Gasteiger partial charge on any atom is 0.407 e. The zero-order valence-corrected chi connectivity index (χ0v) is 10.1. The Balaban J connectivity index is 2.58. The summed E-state index contributed by atoms with van der Waals surface area (Å²) >= 11 is 0. The summed E-state index contributed by atoms with van der Waals surface area (Å²) in [7, 11) is 0. The summed E-state index contributed by atoms with van der Waals surface area (Å²) in [6.45, 7) is 5.13.